The normalized spacial score (nSPS) is 19.1. The molecular formula is C14H20S2Si. The molecule has 0 aliphatic carbocycles. The van der Waals surface area contributed by atoms with Crippen molar-refractivity contribution in [3.8, 4) is 0 Å². The molecule has 1 aliphatic heterocycles. The fourth-order valence-electron chi connectivity index (χ4n) is 2.02. The highest BCUT2D eigenvalue weighted by atomic mass is 32.2. The van der Waals surface area contributed by atoms with Gasteiger partial charge >= 0.3 is 0 Å². The van der Waals surface area contributed by atoms with E-state index in [1.807, 2.05) is 0 Å². The van der Waals surface area contributed by atoms with Gasteiger partial charge in [-0.2, -0.15) is 0 Å². The third-order valence-corrected chi connectivity index (χ3v) is 7.68. The van der Waals surface area contributed by atoms with Crippen LogP contribution in [0.25, 0.3) is 0 Å². The molecule has 92 valence electrons. The predicted molar refractivity (Wildman–Crippen MR) is 83.8 cm³/mol. The molecule has 2 radical (unpaired) electrons. The highest BCUT2D eigenvalue weighted by Crippen LogP contribution is 2.45. The van der Waals surface area contributed by atoms with E-state index in [9.17, 15) is 0 Å². The van der Waals surface area contributed by atoms with Crippen LogP contribution in [-0.4, -0.2) is 25.1 Å². The van der Waals surface area contributed by atoms with E-state index in [0.717, 1.165) is 9.52 Å². The van der Waals surface area contributed by atoms with Crippen molar-refractivity contribution in [1.82, 2.24) is 0 Å². The summed E-state index contributed by atoms with van der Waals surface area (Å²) in [5.41, 5.74) is 0. The number of thioether (sulfide) groups is 2. The van der Waals surface area contributed by atoms with Crippen LogP contribution in [0, 0.1) is 0 Å². The maximum atomic E-state index is 2.44. The van der Waals surface area contributed by atoms with Crippen LogP contribution in [0.2, 0.25) is 6.04 Å². The first-order valence-electron chi connectivity index (χ1n) is 6.35. The van der Waals surface area contributed by atoms with Gasteiger partial charge in [0.25, 0.3) is 0 Å². The second-order valence-electron chi connectivity index (χ2n) is 4.58. The van der Waals surface area contributed by atoms with Crippen molar-refractivity contribution in [3.63, 3.8) is 0 Å². The quantitative estimate of drug-likeness (QED) is 0.594. The lowest BCUT2D eigenvalue weighted by atomic mass is 10.2. The molecule has 1 aromatic carbocycles. The molecule has 0 atom stereocenters. The molecule has 0 spiro atoms. The largest absolute Gasteiger partial charge is 0.144 e. The first kappa shape index (κ1) is 13.6. The van der Waals surface area contributed by atoms with Gasteiger partial charge < -0.3 is 0 Å². The standard InChI is InChI=1S/C14H20S2Si/c1-14(15-10-6-11-16-14)9-5-12-17-13-7-3-2-4-8-13/h2-4,7-8H,5-6,9-12H2,1H3. The summed E-state index contributed by atoms with van der Waals surface area (Å²) in [6.07, 6.45) is 4.16. The fraction of sp³-hybridized carbons (Fsp3) is 0.571. The molecule has 1 fully saturated rings. The lowest BCUT2D eigenvalue weighted by Gasteiger charge is -2.32. The Morgan fingerprint density at radius 3 is 2.59 bits per heavy atom. The average molecular weight is 281 g/mol. The number of benzene rings is 1. The molecule has 0 bridgehead atoms. The van der Waals surface area contributed by atoms with Crippen LogP contribution in [0.3, 0.4) is 0 Å². The van der Waals surface area contributed by atoms with Gasteiger partial charge in [-0.25, -0.2) is 0 Å². The van der Waals surface area contributed by atoms with Gasteiger partial charge in [0.05, 0.1) is 13.6 Å². The molecule has 0 aromatic heterocycles. The van der Waals surface area contributed by atoms with Crippen LogP contribution in [0.4, 0.5) is 0 Å². The van der Waals surface area contributed by atoms with Gasteiger partial charge in [-0.3, -0.25) is 0 Å². The van der Waals surface area contributed by atoms with Crippen LogP contribution in [0.1, 0.15) is 26.2 Å². The Morgan fingerprint density at radius 2 is 1.88 bits per heavy atom. The van der Waals surface area contributed by atoms with Crippen LogP contribution in [-0.2, 0) is 0 Å². The summed E-state index contributed by atoms with van der Waals surface area (Å²) in [5.74, 6) is 2.73. The second kappa shape index (κ2) is 6.91. The van der Waals surface area contributed by atoms with E-state index in [1.54, 1.807) is 0 Å². The molecule has 0 unspecified atom stereocenters. The van der Waals surface area contributed by atoms with Crippen molar-refractivity contribution in [2.45, 2.75) is 36.3 Å². The zero-order valence-corrected chi connectivity index (χ0v) is 13.1. The monoisotopic (exact) mass is 280 g/mol. The molecule has 0 N–H and O–H groups in total. The maximum Gasteiger partial charge on any atom is 0.0807 e. The Morgan fingerprint density at radius 1 is 1.18 bits per heavy atom. The smallest absolute Gasteiger partial charge is 0.0807 e. The van der Waals surface area contributed by atoms with Crippen molar-refractivity contribution in [2.75, 3.05) is 11.5 Å². The van der Waals surface area contributed by atoms with Gasteiger partial charge in [-0.05, 0) is 31.3 Å². The summed E-state index contributed by atoms with van der Waals surface area (Å²) < 4.78 is 0.513. The van der Waals surface area contributed by atoms with Crippen molar-refractivity contribution in [2.24, 2.45) is 0 Å². The van der Waals surface area contributed by atoms with E-state index in [1.165, 1.54) is 42.0 Å². The van der Waals surface area contributed by atoms with Gasteiger partial charge in [-0.1, -0.05) is 48.0 Å². The SMILES string of the molecule is CC1(CCC[Si]c2ccccc2)SCCCS1. The minimum absolute atomic E-state index is 0.513. The summed E-state index contributed by atoms with van der Waals surface area (Å²) in [7, 11) is 0.993. The molecule has 0 amide bonds. The Bertz CT molecular complexity index is 320. The zero-order valence-electron chi connectivity index (χ0n) is 10.4. The third-order valence-electron chi connectivity index (χ3n) is 3.01. The van der Waals surface area contributed by atoms with E-state index >= 15 is 0 Å². The van der Waals surface area contributed by atoms with E-state index in [0.29, 0.717) is 4.08 Å². The summed E-state index contributed by atoms with van der Waals surface area (Å²) in [6, 6.07) is 12.3. The summed E-state index contributed by atoms with van der Waals surface area (Å²) in [6.45, 7) is 2.44. The van der Waals surface area contributed by atoms with Gasteiger partial charge in [-0.15, -0.1) is 23.5 Å². The zero-order chi connectivity index (χ0) is 12.0. The van der Waals surface area contributed by atoms with Gasteiger partial charge in [0, 0.05) is 0 Å². The van der Waals surface area contributed by atoms with E-state index in [2.05, 4.69) is 60.8 Å². The molecule has 17 heavy (non-hydrogen) atoms. The number of hydrogen-bond acceptors (Lipinski definition) is 2. The molecule has 0 saturated carbocycles. The molecular weight excluding hydrogens is 260 g/mol. The van der Waals surface area contributed by atoms with Crippen molar-refractivity contribution in [3.05, 3.63) is 30.3 Å². The Balaban J connectivity index is 1.66. The second-order valence-corrected chi connectivity index (χ2v) is 9.47. The third kappa shape index (κ3) is 4.72. The minimum atomic E-state index is 0.513. The molecule has 1 heterocycles. The highest BCUT2D eigenvalue weighted by molar-refractivity contribution is 8.18. The Labute approximate surface area is 116 Å². The van der Waals surface area contributed by atoms with Crippen molar-refractivity contribution < 1.29 is 0 Å². The van der Waals surface area contributed by atoms with Gasteiger partial charge in [0.1, 0.15) is 0 Å². The summed E-state index contributed by atoms with van der Waals surface area (Å²) >= 11 is 4.36. The van der Waals surface area contributed by atoms with Gasteiger partial charge in [0.2, 0.25) is 0 Å². The highest BCUT2D eigenvalue weighted by Gasteiger charge is 2.27. The van der Waals surface area contributed by atoms with Crippen LogP contribution in [0.15, 0.2) is 30.3 Å². The Kier molecular flexibility index (Phi) is 5.51. The summed E-state index contributed by atoms with van der Waals surface area (Å²) in [4.78, 5) is 0. The van der Waals surface area contributed by atoms with Crippen molar-refractivity contribution >= 4 is 38.2 Å². The average Bonchev–Trinajstić information content (AvgIpc) is 2.37. The molecule has 1 aliphatic rings. The van der Waals surface area contributed by atoms with E-state index < -0.39 is 0 Å². The van der Waals surface area contributed by atoms with E-state index in [4.69, 9.17) is 0 Å². The fourth-order valence-corrected chi connectivity index (χ4v) is 6.12. The van der Waals surface area contributed by atoms with Crippen LogP contribution in [0.5, 0.6) is 0 Å². The molecule has 1 aromatic rings. The number of hydrogen-bond donors (Lipinski definition) is 0. The lowest BCUT2D eigenvalue weighted by molar-refractivity contribution is 0.738. The van der Waals surface area contributed by atoms with Crippen LogP contribution < -0.4 is 5.19 Å². The first-order valence-corrected chi connectivity index (χ1v) is 9.53. The molecule has 2 rings (SSSR count). The first-order chi connectivity index (χ1) is 8.29. The summed E-state index contributed by atoms with van der Waals surface area (Å²) in [5, 5.41) is 1.52. The molecule has 0 nitrogen and oxygen atoms in total. The van der Waals surface area contributed by atoms with E-state index in [-0.39, 0.29) is 0 Å². The molecule has 1 saturated heterocycles. The van der Waals surface area contributed by atoms with Crippen molar-refractivity contribution in [1.29, 1.82) is 0 Å². The Hall–Kier alpha value is 0.137. The maximum absolute atomic E-state index is 2.44. The molecule has 3 heteroatoms. The lowest BCUT2D eigenvalue weighted by Crippen LogP contribution is -2.21. The number of rotatable bonds is 5. The minimum Gasteiger partial charge on any atom is -0.144 e. The predicted octanol–water partition coefficient (Wildman–Crippen LogP) is 3.80. The van der Waals surface area contributed by atoms with Gasteiger partial charge in [0.15, 0.2) is 0 Å². The topological polar surface area (TPSA) is 0 Å². The van der Waals surface area contributed by atoms with Crippen LogP contribution >= 0.6 is 23.5 Å².